The Kier molecular flexibility index (Phi) is 4.19. The number of amides is 1. The molecule has 134 valence electrons. The third-order valence-corrected chi connectivity index (χ3v) is 6.61. The summed E-state index contributed by atoms with van der Waals surface area (Å²) in [6.45, 7) is 12.7. The monoisotopic (exact) mass is 425 g/mol. The summed E-state index contributed by atoms with van der Waals surface area (Å²) < 4.78 is 0.346. The lowest BCUT2D eigenvalue weighted by Crippen LogP contribution is -2.61. The second kappa shape index (κ2) is 5.74. The number of carbonyl (C=O) groups is 1. The predicted octanol–water partition coefficient (Wildman–Crippen LogP) is 4.39. The molecule has 0 aliphatic carbocycles. The van der Waals surface area contributed by atoms with E-state index in [-0.39, 0.29) is 22.5 Å². The molecule has 0 aromatic heterocycles. The molecule has 3 rings (SSSR count). The van der Waals surface area contributed by atoms with Gasteiger partial charge in [0.25, 0.3) is 11.6 Å². The molecule has 1 saturated heterocycles. The molecule has 1 atom stereocenters. The maximum atomic E-state index is 13.3. The molecule has 0 N–H and O–H groups in total. The van der Waals surface area contributed by atoms with Crippen molar-refractivity contribution in [3.8, 4) is 0 Å². The highest BCUT2D eigenvalue weighted by Crippen LogP contribution is 2.56. The van der Waals surface area contributed by atoms with E-state index in [0.717, 1.165) is 0 Å². The van der Waals surface area contributed by atoms with E-state index in [1.54, 1.807) is 17.8 Å². The van der Waals surface area contributed by atoms with Crippen LogP contribution in [0.5, 0.6) is 0 Å². The molecule has 1 fully saturated rings. The number of hydrogen-bond donors (Lipinski definition) is 0. The molecule has 8 heteroatoms. The highest BCUT2D eigenvalue weighted by atomic mass is 79.9. The van der Waals surface area contributed by atoms with E-state index in [4.69, 9.17) is 0 Å². The van der Waals surface area contributed by atoms with E-state index in [2.05, 4.69) is 41.3 Å². The molecule has 2 aliphatic rings. The average molecular weight is 426 g/mol. The number of fused-ring (bicyclic) bond motifs is 2. The van der Waals surface area contributed by atoms with Crippen LogP contribution in [-0.2, 0) is 0 Å². The highest BCUT2D eigenvalue weighted by Gasteiger charge is 2.59. The van der Waals surface area contributed by atoms with Gasteiger partial charge in [-0.2, -0.15) is 0 Å². The second-order valence-electron chi connectivity index (χ2n) is 7.22. The number of halogens is 1. The number of anilines is 1. The largest absolute Gasteiger partial charge is 0.344 e. The first kappa shape index (κ1) is 18.3. The maximum absolute atomic E-state index is 13.3. The fourth-order valence-corrected chi connectivity index (χ4v) is 6.53. The van der Waals surface area contributed by atoms with Crippen LogP contribution in [0.25, 0.3) is 0 Å². The van der Waals surface area contributed by atoms with Crippen molar-refractivity contribution < 1.29 is 9.72 Å². The van der Waals surface area contributed by atoms with Crippen molar-refractivity contribution >= 4 is 45.0 Å². The van der Waals surface area contributed by atoms with Crippen LogP contribution in [0.4, 0.5) is 11.4 Å². The first-order valence-corrected chi connectivity index (χ1v) is 9.51. The van der Waals surface area contributed by atoms with Crippen LogP contribution in [-0.4, -0.2) is 38.1 Å². The Bertz CT molecular complexity index is 794. The van der Waals surface area contributed by atoms with Gasteiger partial charge in [-0.1, -0.05) is 6.08 Å². The Labute approximate surface area is 159 Å². The number of nitro benzene ring substituents is 1. The smallest absolute Gasteiger partial charge is 0.271 e. The quantitative estimate of drug-likeness (QED) is 0.407. The Morgan fingerprint density at radius 2 is 2.04 bits per heavy atom. The molecular weight excluding hydrogens is 406 g/mol. The number of benzene rings is 1. The normalized spacial score (nSPS) is 23.2. The molecule has 2 aliphatic heterocycles. The first-order chi connectivity index (χ1) is 11.5. The molecular formula is C17H20BrN3O3S. The number of rotatable bonds is 3. The van der Waals surface area contributed by atoms with Crippen LogP contribution >= 0.6 is 27.7 Å². The van der Waals surface area contributed by atoms with Gasteiger partial charge in [-0.05, 0) is 43.6 Å². The van der Waals surface area contributed by atoms with Crippen LogP contribution in [0, 0.1) is 10.1 Å². The molecule has 0 bridgehead atoms. The fraction of sp³-hybridized carbons (Fsp3) is 0.471. The van der Waals surface area contributed by atoms with Crippen molar-refractivity contribution in [2.75, 3.05) is 11.4 Å². The minimum atomic E-state index is -0.476. The van der Waals surface area contributed by atoms with Crippen LogP contribution in [0.15, 0.2) is 29.3 Å². The zero-order valence-electron chi connectivity index (χ0n) is 14.6. The molecule has 1 amide bonds. The minimum Gasteiger partial charge on any atom is -0.344 e. The van der Waals surface area contributed by atoms with Crippen LogP contribution in [0.3, 0.4) is 0 Å². The van der Waals surface area contributed by atoms with E-state index in [1.165, 1.54) is 12.1 Å². The van der Waals surface area contributed by atoms with Crippen molar-refractivity contribution in [1.82, 2.24) is 4.90 Å². The molecule has 1 aromatic rings. The molecule has 0 spiro atoms. The maximum Gasteiger partial charge on any atom is 0.271 e. The van der Waals surface area contributed by atoms with Crippen LogP contribution < -0.4 is 4.90 Å². The molecule has 1 aromatic carbocycles. The molecule has 2 heterocycles. The Morgan fingerprint density at radius 1 is 1.40 bits per heavy atom. The Balaban J connectivity index is 2.29. The topological polar surface area (TPSA) is 66.7 Å². The van der Waals surface area contributed by atoms with Gasteiger partial charge in [0.2, 0.25) is 0 Å². The van der Waals surface area contributed by atoms with Gasteiger partial charge in [-0.25, -0.2) is 0 Å². The molecule has 6 nitrogen and oxygen atoms in total. The summed E-state index contributed by atoms with van der Waals surface area (Å²) in [6.07, 6.45) is 1.63. The van der Waals surface area contributed by atoms with Crippen molar-refractivity contribution in [2.24, 2.45) is 0 Å². The van der Waals surface area contributed by atoms with Gasteiger partial charge >= 0.3 is 0 Å². The predicted molar refractivity (Wildman–Crippen MR) is 104 cm³/mol. The van der Waals surface area contributed by atoms with Crippen molar-refractivity contribution in [1.29, 1.82) is 0 Å². The first-order valence-electron chi connectivity index (χ1n) is 7.90. The molecule has 0 saturated carbocycles. The van der Waals surface area contributed by atoms with Crippen molar-refractivity contribution in [3.63, 3.8) is 0 Å². The van der Waals surface area contributed by atoms with Gasteiger partial charge in [-0.3, -0.25) is 14.9 Å². The Morgan fingerprint density at radius 3 is 2.60 bits per heavy atom. The van der Waals surface area contributed by atoms with Crippen LogP contribution in [0.1, 0.15) is 38.1 Å². The summed E-state index contributed by atoms with van der Waals surface area (Å²) in [5.74, 6) is -0.173. The second-order valence-corrected chi connectivity index (χ2v) is 10.3. The highest BCUT2D eigenvalue weighted by molar-refractivity contribution is 9.10. The summed E-state index contributed by atoms with van der Waals surface area (Å²) in [5.41, 5.74) is 0.952. The molecule has 0 radical (unpaired) electrons. The fourth-order valence-electron chi connectivity index (χ4n) is 3.95. The number of non-ortho nitro benzene ring substituents is 1. The van der Waals surface area contributed by atoms with Crippen molar-refractivity contribution in [2.45, 2.75) is 43.5 Å². The lowest BCUT2D eigenvalue weighted by Gasteiger charge is -2.48. The average Bonchev–Trinajstić information content (AvgIpc) is 2.67. The van der Waals surface area contributed by atoms with E-state index in [0.29, 0.717) is 22.3 Å². The van der Waals surface area contributed by atoms with Crippen molar-refractivity contribution in [3.05, 3.63) is 44.9 Å². The number of carbonyl (C=O) groups excluding carboxylic acids is 1. The Hall–Kier alpha value is -1.54. The van der Waals surface area contributed by atoms with Gasteiger partial charge in [-0.15, -0.1) is 18.3 Å². The number of nitro groups is 1. The lowest BCUT2D eigenvalue weighted by atomic mass is 9.97. The molecule has 0 unspecified atom stereocenters. The van der Waals surface area contributed by atoms with Gasteiger partial charge in [0.05, 0.1) is 25.8 Å². The third-order valence-electron chi connectivity index (χ3n) is 4.58. The van der Waals surface area contributed by atoms with Gasteiger partial charge < -0.3 is 9.80 Å². The SMILES string of the molecule is C=CCN1c2c(Br)cc([N+](=O)[O-])cc2C(=O)N2[C@@H]1C(C)(C)SC2(C)C. The van der Waals surface area contributed by atoms with E-state index in [1.807, 2.05) is 18.7 Å². The van der Waals surface area contributed by atoms with Gasteiger partial charge in [0, 0.05) is 23.2 Å². The lowest BCUT2D eigenvalue weighted by molar-refractivity contribution is -0.384. The summed E-state index contributed by atoms with van der Waals surface area (Å²) in [6, 6.07) is 2.83. The third kappa shape index (κ3) is 2.66. The standard InChI is InChI=1S/C17H20BrN3O3S/c1-6-7-19-13-11(8-10(21(23)24)9-12(13)18)14(22)20-15(19)16(2,3)25-17(20,4)5/h6,8-9,15H,1,7H2,2-5H3/t15-/m1/s1. The van der Waals surface area contributed by atoms with Gasteiger partial charge in [0.1, 0.15) is 6.17 Å². The number of thioether (sulfide) groups is 1. The van der Waals surface area contributed by atoms with E-state index in [9.17, 15) is 14.9 Å². The summed E-state index contributed by atoms with van der Waals surface area (Å²) in [7, 11) is 0. The zero-order chi connectivity index (χ0) is 18.7. The zero-order valence-corrected chi connectivity index (χ0v) is 17.0. The minimum absolute atomic E-state index is 0.0973. The van der Waals surface area contributed by atoms with E-state index < -0.39 is 9.79 Å². The molecule has 25 heavy (non-hydrogen) atoms. The number of hydrogen-bond acceptors (Lipinski definition) is 5. The summed E-state index contributed by atoms with van der Waals surface area (Å²) in [5, 5.41) is 11.2. The number of nitrogens with zero attached hydrogens (tertiary/aromatic N) is 3. The summed E-state index contributed by atoms with van der Waals surface area (Å²) in [4.78, 5) is 27.6. The summed E-state index contributed by atoms with van der Waals surface area (Å²) >= 11 is 5.17. The van der Waals surface area contributed by atoms with E-state index >= 15 is 0 Å². The van der Waals surface area contributed by atoms with Crippen LogP contribution in [0.2, 0.25) is 0 Å². The van der Waals surface area contributed by atoms with Gasteiger partial charge in [0.15, 0.2) is 0 Å².